The largest absolute Gasteiger partial charge is 0.541 e. The number of ether oxygens (including phenoxy) is 1. The Hall–Kier alpha value is 0.580. The predicted octanol–water partition coefficient (Wildman–Crippen LogP) is 5.44. The molecule has 0 saturated carbocycles. The molecule has 0 saturated heterocycles. The predicted molar refractivity (Wildman–Crippen MR) is 117 cm³/mol. The maximum atomic E-state index is 12.1. The van der Waals surface area contributed by atoms with E-state index in [1.165, 1.54) is 0 Å². The summed E-state index contributed by atoms with van der Waals surface area (Å²) in [6.45, 7) is -0.213. The van der Waals surface area contributed by atoms with E-state index in [2.05, 4.69) is 72.5 Å². The molecule has 0 aromatic heterocycles. The molecular weight excluding hydrogens is 716 g/mol. The highest BCUT2D eigenvalue weighted by Gasteiger charge is 2.38. The van der Waals surface area contributed by atoms with Crippen LogP contribution in [0.3, 0.4) is 0 Å². The number of hydrogen-bond acceptors (Lipinski definition) is 4. The molecule has 1 rings (SSSR count). The first kappa shape index (κ1) is 24.6. The first-order chi connectivity index (χ1) is 12.0. The molecule has 1 aromatic rings. The molecule has 0 fully saturated rings. The zero-order valence-corrected chi connectivity index (χ0v) is 20.4. The molecule has 0 aliphatic heterocycles. The van der Waals surface area contributed by atoms with Gasteiger partial charge in [0.1, 0.15) is 0 Å². The van der Waals surface area contributed by atoms with Crippen molar-refractivity contribution < 1.29 is 31.1 Å². The molecule has 0 amide bonds. The highest BCUT2D eigenvalue weighted by atomic mass is 127. The van der Waals surface area contributed by atoms with E-state index in [0.717, 1.165) is 10.7 Å². The van der Waals surface area contributed by atoms with Crippen molar-refractivity contribution in [1.82, 2.24) is 0 Å². The van der Waals surface area contributed by atoms with Crippen LogP contribution in [0.2, 0.25) is 0 Å². The SMILES string of the molecule is O=C(OCCCCCC[N-]S(=O)(=O)C(F)(F)F)c1cc(I)cc(I)c1I. The number of halogens is 6. The van der Waals surface area contributed by atoms with E-state index in [9.17, 15) is 26.4 Å². The Morgan fingerprint density at radius 2 is 1.69 bits per heavy atom. The van der Waals surface area contributed by atoms with Crippen LogP contribution in [-0.2, 0) is 14.8 Å². The zero-order chi connectivity index (χ0) is 20.0. The van der Waals surface area contributed by atoms with Gasteiger partial charge in [-0.15, -0.1) is 6.54 Å². The van der Waals surface area contributed by atoms with E-state index < -0.39 is 28.0 Å². The van der Waals surface area contributed by atoms with Crippen LogP contribution in [0.4, 0.5) is 13.2 Å². The Bertz CT molecular complexity index is 742. The van der Waals surface area contributed by atoms with E-state index in [0.29, 0.717) is 24.8 Å². The number of alkyl halides is 3. The van der Waals surface area contributed by atoms with Gasteiger partial charge in [0.25, 0.3) is 0 Å². The number of esters is 1. The Kier molecular flexibility index (Phi) is 10.4. The number of sulfonamides is 1. The van der Waals surface area contributed by atoms with Gasteiger partial charge in [-0.2, -0.15) is 13.2 Å². The van der Waals surface area contributed by atoms with Gasteiger partial charge < -0.3 is 9.46 Å². The third-order valence-electron chi connectivity index (χ3n) is 3.05. The number of benzene rings is 1. The van der Waals surface area contributed by atoms with Gasteiger partial charge in [-0.05, 0) is 86.3 Å². The molecule has 12 heteroatoms. The van der Waals surface area contributed by atoms with Crippen LogP contribution in [0, 0.1) is 10.7 Å². The highest BCUT2D eigenvalue weighted by Crippen LogP contribution is 2.28. The molecule has 1 aromatic carbocycles. The molecule has 0 radical (unpaired) electrons. The fraction of sp³-hybridized carbons (Fsp3) is 0.500. The van der Waals surface area contributed by atoms with Crippen molar-refractivity contribution in [1.29, 1.82) is 0 Å². The molecule has 0 spiro atoms. The normalized spacial score (nSPS) is 12.2. The van der Waals surface area contributed by atoms with Gasteiger partial charge in [0.15, 0.2) is 10.0 Å². The standard InChI is InChI=1S/C14H14F3I3NO4S/c15-14(16,17)26(23,24)21-5-3-1-2-4-6-25-13(22)10-7-9(18)8-11(19)12(10)20/h7-8H,1-6H2/q-1. The highest BCUT2D eigenvalue weighted by molar-refractivity contribution is 14.1. The minimum Gasteiger partial charge on any atom is -0.541 e. The van der Waals surface area contributed by atoms with Gasteiger partial charge in [-0.25, -0.2) is 13.2 Å². The fourth-order valence-electron chi connectivity index (χ4n) is 1.77. The van der Waals surface area contributed by atoms with Gasteiger partial charge in [0.05, 0.1) is 12.2 Å². The topological polar surface area (TPSA) is 74.5 Å². The van der Waals surface area contributed by atoms with E-state index in [4.69, 9.17) is 4.74 Å². The van der Waals surface area contributed by atoms with Crippen molar-refractivity contribution in [2.24, 2.45) is 0 Å². The van der Waals surface area contributed by atoms with Gasteiger partial charge in [-0.3, -0.25) is 0 Å². The fourth-order valence-corrected chi connectivity index (χ4v) is 4.66. The van der Waals surface area contributed by atoms with Crippen LogP contribution in [0.15, 0.2) is 12.1 Å². The summed E-state index contributed by atoms with van der Waals surface area (Å²) in [7, 11) is -5.39. The monoisotopic (exact) mass is 730 g/mol. The molecule has 0 N–H and O–H groups in total. The van der Waals surface area contributed by atoms with Crippen molar-refractivity contribution in [2.75, 3.05) is 13.2 Å². The molecule has 0 unspecified atom stereocenters. The van der Waals surface area contributed by atoms with Crippen LogP contribution < -0.4 is 0 Å². The van der Waals surface area contributed by atoms with Crippen molar-refractivity contribution in [2.45, 2.75) is 31.2 Å². The van der Waals surface area contributed by atoms with Crippen molar-refractivity contribution in [3.63, 3.8) is 0 Å². The summed E-state index contributed by atoms with van der Waals surface area (Å²) in [5, 5.41) is 0. The number of carbonyl (C=O) groups is 1. The summed E-state index contributed by atoms with van der Waals surface area (Å²) in [5.41, 5.74) is -4.84. The van der Waals surface area contributed by atoms with Gasteiger partial charge in [-0.1, -0.05) is 19.3 Å². The Balaban J connectivity index is 2.25. The molecule has 0 bridgehead atoms. The van der Waals surface area contributed by atoms with E-state index in [1.54, 1.807) is 6.07 Å². The van der Waals surface area contributed by atoms with E-state index in [-0.39, 0.29) is 13.0 Å². The third kappa shape index (κ3) is 7.90. The zero-order valence-electron chi connectivity index (χ0n) is 13.2. The van der Waals surface area contributed by atoms with Crippen LogP contribution in [0.5, 0.6) is 0 Å². The lowest BCUT2D eigenvalue weighted by Crippen LogP contribution is -2.22. The maximum Gasteiger partial charge on any atom is 0.480 e. The quantitative estimate of drug-likeness (QED) is 0.147. The minimum absolute atomic E-state index is 0.189. The smallest absolute Gasteiger partial charge is 0.480 e. The molecule has 0 heterocycles. The van der Waals surface area contributed by atoms with E-state index in [1.807, 2.05) is 6.07 Å². The first-order valence-electron chi connectivity index (χ1n) is 7.27. The van der Waals surface area contributed by atoms with Crippen LogP contribution in [-0.4, -0.2) is 33.0 Å². The Labute approximate surface area is 190 Å². The van der Waals surface area contributed by atoms with Gasteiger partial charge in [0, 0.05) is 10.7 Å². The van der Waals surface area contributed by atoms with Crippen LogP contribution in [0.1, 0.15) is 36.0 Å². The average Bonchev–Trinajstić information content (AvgIpc) is 2.51. The summed E-state index contributed by atoms with van der Waals surface area (Å²) < 4.78 is 68.3. The van der Waals surface area contributed by atoms with Crippen molar-refractivity contribution in [3.8, 4) is 0 Å². The number of carbonyl (C=O) groups excluding carboxylic acids is 1. The molecule has 0 aliphatic rings. The number of hydrogen-bond donors (Lipinski definition) is 0. The second-order valence-electron chi connectivity index (χ2n) is 5.07. The number of unbranched alkanes of at least 4 members (excludes halogenated alkanes) is 3. The minimum atomic E-state index is -5.39. The molecule has 148 valence electrons. The molecule has 0 atom stereocenters. The average molecular weight is 730 g/mol. The lowest BCUT2D eigenvalue weighted by molar-refractivity contribution is -0.0427. The number of nitrogens with zero attached hydrogens (tertiary/aromatic N) is 1. The summed E-state index contributed by atoms with van der Waals surface area (Å²) in [6, 6.07) is 3.69. The lowest BCUT2D eigenvalue weighted by Gasteiger charge is -2.21. The van der Waals surface area contributed by atoms with Crippen LogP contribution in [0.25, 0.3) is 4.72 Å². The second kappa shape index (κ2) is 10.9. The van der Waals surface area contributed by atoms with Gasteiger partial charge >= 0.3 is 11.5 Å². The molecule has 26 heavy (non-hydrogen) atoms. The summed E-state index contributed by atoms with van der Waals surface area (Å²) in [6.07, 6.45) is 1.84. The summed E-state index contributed by atoms with van der Waals surface area (Å²) in [5.74, 6) is -0.419. The maximum absolute atomic E-state index is 12.1. The van der Waals surface area contributed by atoms with Gasteiger partial charge in [0.2, 0.25) is 0 Å². The Morgan fingerprint density at radius 3 is 2.31 bits per heavy atom. The Morgan fingerprint density at radius 1 is 1.08 bits per heavy atom. The molecule has 0 aliphatic carbocycles. The van der Waals surface area contributed by atoms with Crippen molar-refractivity contribution in [3.05, 3.63) is 33.1 Å². The lowest BCUT2D eigenvalue weighted by atomic mass is 10.2. The van der Waals surface area contributed by atoms with Crippen molar-refractivity contribution >= 4 is 83.8 Å². The molecule has 5 nitrogen and oxygen atoms in total. The van der Waals surface area contributed by atoms with Crippen LogP contribution >= 0.6 is 67.8 Å². The summed E-state index contributed by atoms with van der Waals surface area (Å²) >= 11 is 6.34. The third-order valence-corrected chi connectivity index (χ3v) is 7.83. The second-order valence-corrected chi connectivity index (χ2v) is 10.2. The molecular formula is C14H14F3I3NO4S-. The van der Waals surface area contributed by atoms with E-state index >= 15 is 0 Å². The first-order valence-corrected chi connectivity index (χ1v) is 11.9. The number of rotatable bonds is 9. The summed E-state index contributed by atoms with van der Waals surface area (Å²) in [4.78, 5) is 12.1.